The Labute approximate surface area is 316 Å². The fourth-order valence-electron chi connectivity index (χ4n) is 8.70. The van der Waals surface area contributed by atoms with Gasteiger partial charge in [0, 0.05) is 37.3 Å². The molecule has 3 aliphatic heterocycles. The Morgan fingerprint density at radius 2 is 1.53 bits per heavy atom. The second-order valence-corrected chi connectivity index (χ2v) is 16.8. The topological polar surface area (TPSA) is 198 Å². The summed E-state index contributed by atoms with van der Waals surface area (Å²) < 4.78 is 37.4. The smallest absolute Gasteiger partial charge is 0.311 e. The molecule has 0 spiro atoms. The Morgan fingerprint density at radius 1 is 0.906 bits per heavy atom. The SMILES string of the molecule is CCC1OC(=O)[C@@H](C)C(O[C@@H]2C[C@](C)(OC)[C@H](O)[C@@H](C)O2)[C@@H](C)[C@H](O[C@H]2O[C@@H](C)C[C@@H](N(C)C)[C@@H]2O)[C@@](C)(O)C[C@H](C)/C(=N\OC)[C@@H](C)[C@H](O)[C@@]1(C)O. The summed E-state index contributed by atoms with van der Waals surface area (Å²) in [6, 6.07) is -0.306. The van der Waals surface area contributed by atoms with Gasteiger partial charge in [-0.3, -0.25) is 4.79 Å². The monoisotopic (exact) mass is 762 g/mol. The predicted octanol–water partition coefficient (Wildman–Crippen LogP) is 2.22. The van der Waals surface area contributed by atoms with Crippen molar-refractivity contribution in [2.24, 2.45) is 28.8 Å². The van der Waals surface area contributed by atoms with E-state index in [1.165, 1.54) is 21.1 Å². The van der Waals surface area contributed by atoms with Gasteiger partial charge in [0.25, 0.3) is 0 Å². The summed E-state index contributed by atoms with van der Waals surface area (Å²) >= 11 is 0. The summed E-state index contributed by atoms with van der Waals surface area (Å²) in [5, 5.41) is 62.8. The summed E-state index contributed by atoms with van der Waals surface area (Å²) in [6.45, 7) is 17.0. The summed E-state index contributed by atoms with van der Waals surface area (Å²) in [6.07, 6.45) is -9.08. The number of hydrogen-bond donors (Lipinski definition) is 5. The van der Waals surface area contributed by atoms with E-state index in [2.05, 4.69) is 5.16 Å². The van der Waals surface area contributed by atoms with Gasteiger partial charge in [-0.1, -0.05) is 32.9 Å². The van der Waals surface area contributed by atoms with E-state index in [4.69, 9.17) is 33.3 Å². The van der Waals surface area contributed by atoms with Crippen molar-refractivity contribution in [2.45, 2.75) is 179 Å². The molecular weight excluding hydrogens is 692 g/mol. The number of carbonyl (C=O) groups excluding carboxylic acids is 1. The molecule has 0 aromatic rings. The van der Waals surface area contributed by atoms with Gasteiger partial charge in [-0.25, -0.2) is 0 Å². The molecule has 310 valence electrons. The van der Waals surface area contributed by atoms with Gasteiger partial charge in [0.05, 0.1) is 53.4 Å². The van der Waals surface area contributed by atoms with E-state index in [0.717, 1.165) is 0 Å². The molecule has 3 fully saturated rings. The fraction of sp³-hybridized carbons (Fsp3) is 0.947. The van der Waals surface area contributed by atoms with Crippen LogP contribution in [-0.2, 0) is 38.1 Å². The molecule has 0 amide bonds. The molecule has 3 saturated heterocycles. The van der Waals surface area contributed by atoms with Crippen LogP contribution in [0.5, 0.6) is 0 Å². The highest BCUT2D eigenvalue weighted by molar-refractivity contribution is 5.88. The minimum Gasteiger partial charge on any atom is -0.459 e. The third-order valence-corrected chi connectivity index (χ3v) is 12.1. The van der Waals surface area contributed by atoms with Crippen molar-refractivity contribution < 1.29 is 63.6 Å². The number of hydrogen-bond acceptors (Lipinski definition) is 15. The quantitative estimate of drug-likeness (QED) is 0.178. The molecule has 3 aliphatic rings. The maximum Gasteiger partial charge on any atom is 0.311 e. The second-order valence-electron chi connectivity index (χ2n) is 16.8. The summed E-state index contributed by atoms with van der Waals surface area (Å²) in [4.78, 5) is 21.3. The number of methoxy groups -OCH3 is 1. The Kier molecular flexibility index (Phi) is 15.7. The Bertz CT molecular complexity index is 1220. The number of rotatable bonds is 8. The molecule has 0 bridgehead atoms. The highest BCUT2D eigenvalue weighted by atomic mass is 16.7. The van der Waals surface area contributed by atoms with E-state index in [0.29, 0.717) is 12.1 Å². The predicted molar refractivity (Wildman–Crippen MR) is 196 cm³/mol. The lowest BCUT2D eigenvalue weighted by atomic mass is 9.73. The van der Waals surface area contributed by atoms with Gasteiger partial charge in [0.15, 0.2) is 12.6 Å². The lowest BCUT2D eigenvalue weighted by molar-refractivity contribution is -0.317. The first kappa shape index (κ1) is 45.9. The summed E-state index contributed by atoms with van der Waals surface area (Å²) in [7, 11) is 6.60. The number of carbonyl (C=O) groups is 1. The first-order valence-corrected chi connectivity index (χ1v) is 19.1. The van der Waals surface area contributed by atoms with Gasteiger partial charge >= 0.3 is 5.97 Å². The highest BCUT2D eigenvalue weighted by Gasteiger charge is 2.53. The molecule has 15 heteroatoms. The molecule has 0 aromatic carbocycles. The first-order chi connectivity index (χ1) is 24.5. The molecule has 15 nitrogen and oxygen atoms in total. The normalized spacial score (nSPS) is 49.0. The third-order valence-electron chi connectivity index (χ3n) is 12.1. The summed E-state index contributed by atoms with van der Waals surface area (Å²) in [5.74, 6) is -3.90. The maximum atomic E-state index is 14.2. The number of esters is 1. The standard InChI is InChI=1S/C38H70N2O13/c1-15-26-38(10,46)31(42)21(4)28(39-48-14)19(2)17-36(8,45)33(53-35-29(41)25(40(11)12)16-20(3)49-35)22(5)30(23(6)34(44)51-26)52-27-18-37(9,47-13)32(43)24(7)50-27/h19-27,29-33,35,41-43,45-46H,15-18H2,1-14H3/b39-28+/t19-,20-,21+,22+,23-,24+,25+,26?,27+,29-,30?,31-,32+,33-,35+,36-,37-,38-/m0/s1. The molecule has 0 aromatic heterocycles. The van der Waals surface area contributed by atoms with Crippen LogP contribution >= 0.6 is 0 Å². The van der Waals surface area contributed by atoms with E-state index >= 15 is 0 Å². The van der Waals surface area contributed by atoms with Gasteiger partial charge in [0.1, 0.15) is 31.0 Å². The van der Waals surface area contributed by atoms with E-state index in [9.17, 15) is 30.3 Å². The lowest BCUT2D eigenvalue weighted by Crippen LogP contribution is -2.61. The zero-order valence-corrected chi connectivity index (χ0v) is 34.4. The van der Waals surface area contributed by atoms with E-state index < -0.39 is 102 Å². The average molecular weight is 763 g/mol. The lowest BCUT2D eigenvalue weighted by Gasteiger charge is -2.49. The van der Waals surface area contributed by atoms with E-state index in [1.54, 1.807) is 48.5 Å². The Hall–Kier alpha value is -1.50. The van der Waals surface area contributed by atoms with E-state index in [1.807, 2.05) is 32.8 Å². The molecular formula is C38H70N2O13. The first-order valence-electron chi connectivity index (χ1n) is 19.1. The van der Waals surface area contributed by atoms with Gasteiger partial charge in [-0.05, 0) is 74.9 Å². The number of nitrogens with zero attached hydrogens (tertiary/aromatic N) is 2. The Morgan fingerprint density at radius 3 is 2.08 bits per heavy atom. The molecule has 5 N–H and O–H groups in total. The highest BCUT2D eigenvalue weighted by Crippen LogP contribution is 2.41. The van der Waals surface area contributed by atoms with Crippen molar-refractivity contribution in [3.63, 3.8) is 0 Å². The average Bonchev–Trinajstić information content (AvgIpc) is 3.08. The molecule has 3 rings (SSSR count). The van der Waals surface area contributed by atoms with Crippen LogP contribution in [0.4, 0.5) is 0 Å². The van der Waals surface area contributed by atoms with Crippen LogP contribution in [0.1, 0.15) is 94.9 Å². The van der Waals surface area contributed by atoms with Crippen LogP contribution in [0.2, 0.25) is 0 Å². The molecule has 3 heterocycles. The minimum atomic E-state index is -1.91. The second kappa shape index (κ2) is 18.2. The fourth-order valence-corrected chi connectivity index (χ4v) is 8.70. The molecule has 0 radical (unpaired) electrons. The van der Waals surface area contributed by atoms with Crippen molar-refractivity contribution in [1.82, 2.24) is 4.90 Å². The van der Waals surface area contributed by atoms with Gasteiger partial charge in [0.2, 0.25) is 0 Å². The van der Waals surface area contributed by atoms with Crippen LogP contribution in [0, 0.1) is 23.7 Å². The van der Waals surface area contributed by atoms with Crippen molar-refractivity contribution in [2.75, 3.05) is 28.3 Å². The van der Waals surface area contributed by atoms with Crippen molar-refractivity contribution >= 4 is 11.7 Å². The molecule has 0 aliphatic carbocycles. The van der Waals surface area contributed by atoms with Crippen molar-refractivity contribution in [3.8, 4) is 0 Å². The third kappa shape index (κ3) is 10.1. The van der Waals surface area contributed by atoms with Gasteiger partial charge in [-0.15, -0.1) is 0 Å². The Balaban J connectivity index is 2.23. The molecule has 0 saturated carbocycles. The minimum absolute atomic E-state index is 0.0204. The number of likely N-dealkylation sites (N-methyl/N-ethyl adjacent to an activating group) is 1. The van der Waals surface area contributed by atoms with E-state index in [-0.39, 0.29) is 31.4 Å². The van der Waals surface area contributed by atoms with Gasteiger partial charge in [-0.2, -0.15) is 0 Å². The number of oxime groups is 1. The number of aliphatic hydroxyl groups excluding tert-OH is 3. The molecule has 2 unspecified atom stereocenters. The largest absolute Gasteiger partial charge is 0.459 e. The number of cyclic esters (lactones) is 1. The van der Waals surface area contributed by atoms with Crippen LogP contribution in [-0.4, -0.2) is 155 Å². The molecule has 53 heavy (non-hydrogen) atoms. The van der Waals surface area contributed by atoms with Crippen LogP contribution in [0.25, 0.3) is 0 Å². The zero-order chi connectivity index (χ0) is 40.4. The molecule has 18 atom stereocenters. The zero-order valence-electron chi connectivity index (χ0n) is 34.4. The number of ether oxygens (including phenoxy) is 6. The van der Waals surface area contributed by atoms with Crippen molar-refractivity contribution in [1.29, 1.82) is 0 Å². The van der Waals surface area contributed by atoms with Gasteiger partial charge < -0.3 is 63.7 Å². The van der Waals surface area contributed by atoms with Crippen LogP contribution in [0.15, 0.2) is 5.16 Å². The summed E-state index contributed by atoms with van der Waals surface area (Å²) in [5.41, 5.74) is -4.30. The van der Waals surface area contributed by atoms with Crippen LogP contribution < -0.4 is 0 Å². The number of aliphatic hydroxyl groups is 5. The van der Waals surface area contributed by atoms with Crippen molar-refractivity contribution in [3.05, 3.63) is 0 Å². The maximum absolute atomic E-state index is 14.2. The van der Waals surface area contributed by atoms with Crippen LogP contribution in [0.3, 0.4) is 0 Å².